The standard InChI is InChI=1S/C14H19N5O3S/c1-15-23(21,22)18-13-6-4-12(5-7-13)17-14(20)8-3-11-9-16-19(2)10-11/h4-7,9-10,15,18H,3,8H2,1-2H3,(H,17,20). The van der Waals surface area contributed by atoms with E-state index in [1.807, 2.05) is 13.2 Å². The number of aryl methyl sites for hydroxylation is 2. The largest absolute Gasteiger partial charge is 0.326 e. The molecule has 0 saturated heterocycles. The summed E-state index contributed by atoms with van der Waals surface area (Å²) in [5.74, 6) is -0.114. The van der Waals surface area contributed by atoms with Crippen LogP contribution in [-0.2, 0) is 28.5 Å². The van der Waals surface area contributed by atoms with E-state index < -0.39 is 10.2 Å². The van der Waals surface area contributed by atoms with Crippen molar-refractivity contribution in [2.24, 2.45) is 7.05 Å². The molecule has 0 radical (unpaired) electrons. The van der Waals surface area contributed by atoms with Gasteiger partial charge in [0, 0.05) is 38.1 Å². The molecule has 1 aromatic carbocycles. The molecule has 0 unspecified atom stereocenters. The molecule has 0 saturated carbocycles. The van der Waals surface area contributed by atoms with E-state index in [4.69, 9.17) is 0 Å². The second-order valence-corrected chi connectivity index (χ2v) is 6.58. The Kier molecular flexibility index (Phi) is 5.35. The van der Waals surface area contributed by atoms with E-state index in [1.54, 1.807) is 35.1 Å². The molecule has 0 atom stereocenters. The Morgan fingerprint density at radius 1 is 1.22 bits per heavy atom. The SMILES string of the molecule is CNS(=O)(=O)Nc1ccc(NC(=O)CCc2cnn(C)c2)cc1. The number of hydrogen-bond acceptors (Lipinski definition) is 4. The Hall–Kier alpha value is -2.39. The van der Waals surface area contributed by atoms with Gasteiger partial charge in [-0.1, -0.05) is 0 Å². The maximum absolute atomic E-state index is 11.9. The molecular weight excluding hydrogens is 318 g/mol. The number of anilines is 2. The summed E-state index contributed by atoms with van der Waals surface area (Å²) in [7, 11) is -0.396. The summed E-state index contributed by atoms with van der Waals surface area (Å²) in [4.78, 5) is 11.9. The van der Waals surface area contributed by atoms with Crippen molar-refractivity contribution >= 4 is 27.5 Å². The highest BCUT2D eigenvalue weighted by molar-refractivity contribution is 7.90. The van der Waals surface area contributed by atoms with Gasteiger partial charge in [0.1, 0.15) is 0 Å². The Labute approximate surface area is 135 Å². The van der Waals surface area contributed by atoms with Gasteiger partial charge in [-0.15, -0.1) is 0 Å². The first-order valence-corrected chi connectivity index (χ1v) is 8.45. The maximum Gasteiger partial charge on any atom is 0.298 e. The van der Waals surface area contributed by atoms with Crippen molar-refractivity contribution < 1.29 is 13.2 Å². The zero-order valence-corrected chi connectivity index (χ0v) is 13.7. The van der Waals surface area contributed by atoms with E-state index in [2.05, 4.69) is 19.9 Å². The first-order valence-electron chi connectivity index (χ1n) is 6.97. The van der Waals surface area contributed by atoms with Gasteiger partial charge in [-0.2, -0.15) is 13.5 Å². The van der Waals surface area contributed by atoms with Crippen LogP contribution in [-0.4, -0.2) is 31.2 Å². The lowest BCUT2D eigenvalue weighted by Gasteiger charge is -2.08. The van der Waals surface area contributed by atoms with Crippen LogP contribution in [0, 0.1) is 0 Å². The smallest absolute Gasteiger partial charge is 0.298 e. The summed E-state index contributed by atoms with van der Waals surface area (Å²) in [6.07, 6.45) is 4.56. The van der Waals surface area contributed by atoms with Crippen molar-refractivity contribution in [2.75, 3.05) is 17.1 Å². The minimum atomic E-state index is -3.54. The fraction of sp³-hybridized carbons (Fsp3) is 0.286. The Balaban J connectivity index is 1.86. The molecule has 2 rings (SSSR count). The number of nitrogens with one attached hydrogen (secondary N) is 3. The van der Waals surface area contributed by atoms with E-state index in [9.17, 15) is 13.2 Å². The molecule has 2 aromatic rings. The number of rotatable bonds is 7. The fourth-order valence-corrected chi connectivity index (χ4v) is 2.46. The molecule has 0 aliphatic carbocycles. The minimum absolute atomic E-state index is 0.114. The predicted octanol–water partition coefficient (Wildman–Crippen LogP) is 0.867. The van der Waals surface area contributed by atoms with Crippen LogP contribution >= 0.6 is 0 Å². The molecule has 1 heterocycles. The van der Waals surface area contributed by atoms with Crippen molar-refractivity contribution in [1.82, 2.24) is 14.5 Å². The van der Waals surface area contributed by atoms with Crippen LogP contribution < -0.4 is 14.8 Å². The monoisotopic (exact) mass is 337 g/mol. The number of benzene rings is 1. The Bertz CT molecular complexity index is 768. The summed E-state index contributed by atoms with van der Waals surface area (Å²) in [5.41, 5.74) is 2.01. The van der Waals surface area contributed by atoms with Gasteiger partial charge in [0.15, 0.2) is 0 Å². The molecule has 124 valence electrons. The molecule has 0 fully saturated rings. The van der Waals surface area contributed by atoms with Crippen LogP contribution in [0.25, 0.3) is 0 Å². The van der Waals surface area contributed by atoms with Crippen molar-refractivity contribution in [1.29, 1.82) is 0 Å². The third-order valence-corrected chi connectivity index (χ3v) is 4.13. The van der Waals surface area contributed by atoms with E-state index in [-0.39, 0.29) is 5.91 Å². The predicted molar refractivity (Wildman–Crippen MR) is 88.2 cm³/mol. The van der Waals surface area contributed by atoms with Gasteiger partial charge in [-0.3, -0.25) is 14.2 Å². The van der Waals surface area contributed by atoms with E-state index >= 15 is 0 Å². The van der Waals surface area contributed by atoms with Gasteiger partial charge in [0.05, 0.1) is 6.20 Å². The molecule has 3 N–H and O–H groups in total. The zero-order chi connectivity index (χ0) is 16.9. The number of hydrogen-bond donors (Lipinski definition) is 3. The molecule has 0 aliphatic rings. The van der Waals surface area contributed by atoms with Gasteiger partial charge in [0.2, 0.25) is 5.91 Å². The van der Waals surface area contributed by atoms with Crippen LogP contribution in [0.5, 0.6) is 0 Å². The number of amides is 1. The summed E-state index contributed by atoms with van der Waals surface area (Å²) in [6, 6.07) is 6.42. The van der Waals surface area contributed by atoms with Gasteiger partial charge < -0.3 is 5.32 Å². The molecule has 1 aromatic heterocycles. The average molecular weight is 337 g/mol. The summed E-state index contributed by atoms with van der Waals surface area (Å²) in [6.45, 7) is 0. The zero-order valence-electron chi connectivity index (χ0n) is 12.9. The van der Waals surface area contributed by atoms with Crippen molar-refractivity contribution in [3.63, 3.8) is 0 Å². The van der Waals surface area contributed by atoms with Crippen LogP contribution in [0.4, 0.5) is 11.4 Å². The van der Waals surface area contributed by atoms with Gasteiger partial charge in [0.25, 0.3) is 10.2 Å². The molecule has 0 aliphatic heterocycles. The third-order valence-electron chi connectivity index (χ3n) is 3.09. The summed E-state index contributed by atoms with van der Waals surface area (Å²) < 4.78 is 28.9. The number of carbonyl (C=O) groups excluding carboxylic acids is 1. The maximum atomic E-state index is 11.9. The van der Waals surface area contributed by atoms with Crippen molar-refractivity contribution in [3.8, 4) is 0 Å². The van der Waals surface area contributed by atoms with Gasteiger partial charge in [-0.05, 0) is 36.2 Å². The highest BCUT2D eigenvalue weighted by Crippen LogP contribution is 2.15. The van der Waals surface area contributed by atoms with Crippen LogP contribution in [0.3, 0.4) is 0 Å². The van der Waals surface area contributed by atoms with E-state index in [0.29, 0.717) is 24.2 Å². The van der Waals surface area contributed by atoms with Crippen molar-refractivity contribution in [3.05, 3.63) is 42.2 Å². The van der Waals surface area contributed by atoms with Crippen LogP contribution in [0.15, 0.2) is 36.7 Å². The quantitative estimate of drug-likeness (QED) is 0.697. The molecule has 23 heavy (non-hydrogen) atoms. The molecule has 9 heteroatoms. The molecule has 0 spiro atoms. The third kappa shape index (κ3) is 5.38. The highest BCUT2D eigenvalue weighted by Gasteiger charge is 2.07. The first kappa shape index (κ1) is 17.0. The lowest BCUT2D eigenvalue weighted by atomic mass is 10.2. The minimum Gasteiger partial charge on any atom is -0.326 e. The normalized spacial score (nSPS) is 11.2. The summed E-state index contributed by atoms with van der Waals surface area (Å²) >= 11 is 0. The Morgan fingerprint density at radius 3 is 2.43 bits per heavy atom. The lowest BCUT2D eigenvalue weighted by Crippen LogP contribution is -2.26. The van der Waals surface area contributed by atoms with Gasteiger partial charge >= 0.3 is 0 Å². The molecule has 0 bridgehead atoms. The topological polar surface area (TPSA) is 105 Å². The lowest BCUT2D eigenvalue weighted by molar-refractivity contribution is -0.116. The highest BCUT2D eigenvalue weighted by atomic mass is 32.2. The van der Waals surface area contributed by atoms with E-state index in [0.717, 1.165) is 5.56 Å². The van der Waals surface area contributed by atoms with Gasteiger partial charge in [-0.25, -0.2) is 4.72 Å². The first-order chi connectivity index (χ1) is 10.9. The number of nitrogens with zero attached hydrogens (tertiary/aromatic N) is 2. The second kappa shape index (κ2) is 7.25. The average Bonchev–Trinajstić information content (AvgIpc) is 2.93. The second-order valence-electron chi connectivity index (χ2n) is 4.96. The van der Waals surface area contributed by atoms with E-state index in [1.165, 1.54) is 7.05 Å². The number of aromatic nitrogens is 2. The molecular formula is C14H19N5O3S. The molecule has 8 nitrogen and oxygen atoms in total. The fourth-order valence-electron chi connectivity index (χ4n) is 1.91. The van der Waals surface area contributed by atoms with Crippen LogP contribution in [0.1, 0.15) is 12.0 Å². The number of carbonyl (C=O) groups is 1. The molecule has 1 amide bonds. The summed E-state index contributed by atoms with van der Waals surface area (Å²) in [5, 5.41) is 6.81. The van der Waals surface area contributed by atoms with Crippen molar-refractivity contribution in [2.45, 2.75) is 12.8 Å². The Morgan fingerprint density at radius 2 is 1.87 bits per heavy atom. The van der Waals surface area contributed by atoms with Crippen LogP contribution in [0.2, 0.25) is 0 Å².